The molecule has 2 saturated heterocycles. The molecule has 3 heterocycles. The van der Waals surface area contributed by atoms with Crippen LogP contribution in [0.2, 0.25) is 0 Å². The number of hydrogen-bond donors (Lipinski definition) is 0. The van der Waals surface area contributed by atoms with Gasteiger partial charge in [-0.2, -0.15) is 0 Å². The van der Waals surface area contributed by atoms with E-state index >= 15 is 0 Å². The zero-order valence-corrected chi connectivity index (χ0v) is 17.6. The number of fused-ring (bicyclic) bond motifs is 1. The fraction of sp³-hybridized carbons (Fsp3) is 0.565. The van der Waals surface area contributed by atoms with Crippen LogP contribution in [0.5, 0.6) is 0 Å². The van der Waals surface area contributed by atoms with E-state index in [1.807, 2.05) is 11.0 Å². The third kappa shape index (κ3) is 4.23. The van der Waals surface area contributed by atoms with Gasteiger partial charge in [-0.05, 0) is 54.5 Å². The van der Waals surface area contributed by atoms with E-state index in [2.05, 4.69) is 31.7 Å². The van der Waals surface area contributed by atoms with Crippen molar-refractivity contribution < 1.29 is 13.9 Å². The van der Waals surface area contributed by atoms with Crippen LogP contribution in [0.25, 0.3) is 11.0 Å². The highest BCUT2D eigenvalue weighted by Crippen LogP contribution is 2.27. The van der Waals surface area contributed by atoms with Crippen molar-refractivity contribution in [2.45, 2.75) is 52.2 Å². The van der Waals surface area contributed by atoms with E-state index in [1.54, 1.807) is 6.07 Å². The van der Waals surface area contributed by atoms with Crippen molar-refractivity contribution in [2.24, 2.45) is 0 Å². The molecular weight excluding hydrogens is 368 g/mol. The van der Waals surface area contributed by atoms with Gasteiger partial charge < -0.3 is 14.1 Å². The number of amides is 1. The van der Waals surface area contributed by atoms with Gasteiger partial charge in [0.2, 0.25) is 0 Å². The number of hydrogen-bond acceptors (Lipinski definition) is 5. The number of nitrogens with zero attached hydrogens (tertiary/aromatic N) is 2. The monoisotopic (exact) mass is 398 g/mol. The molecule has 2 fully saturated rings. The highest BCUT2D eigenvalue weighted by Gasteiger charge is 2.30. The van der Waals surface area contributed by atoms with Crippen LogP contribution in [-0.2, 0) is 16.1 Å². The fourth-order valence-electron chi connectivity index (χ4n) is 4.49. The maximum Gasteiger partial charge on any atom is 0.336 e. The normalized spacial score (nSPS) is 20.7. The Morgan fingerprint density at radius 1 is 1.17 bits per heavy atom. The van der Waals surface area contributed by atoms with Gasteiger partial charge in [0.25, 0.3) is 5.91 Å². The maximum absolute atomic E-state index is 12.5. The van der Waals surface area contributed by atoms with Crippen molar-refractivity contribution in [3.8, 4) is 0 Å². The predicted molar refractivity (Wildman–Crippen MR) is 112 cm³/mol. The molecule has 29 heavy (non-hydrogen) atoms. The van der Waals surface area contributed by atoms with Gasteiger partial charge in [0.15, 0.2) is 0 Å². The van der Waals surface area contributed by atoms with Crippen LogP contribution in [-0.4, -0.2) is 54.6 Å². The van der Waals surface area contributed by atoms with Crippen molar-refractivity contribution in [3.05, 3.63) is 45.3 Å². The molecule has 6 heteroatoms. The second kappa shape index (κ2) is 8.28. The average molecular weight is 399 g/mol. The molecule has 0 aliphatic carbocycles. The smallest absolute Gasteiger partial charge is 0.336 e. The minimum atomic E-state index is -0.309. The summed E-state index contributed by atoms with van der Waals surface area (Å²) in [5, 5.41) is 1.01. The van der Waals surface area contributed by atoms with E-state index in [0.717, 1.165) is 42.4 Å². The van der Waals surface area contributed by atoms with E-state index in [-0.39, 0.29) is 17.6 Å². The van der Waals surface area contributed by atoms with E-state index in [4.69, 9.17) is 9.15 Å². The molecule has 1 aromatic carbocycles. The Kier molecular flexibility index (Phi) is 5.74. The van der Waals surface area contributed by atoms with Gasteiger partial charge in [-0.15, -0.1) is 0 Å². The van der Waals surface area contributed by atoms with Crippen LogP contribution in [0.3, 0.4) is 0 Å². The molecule has 0 spiro atoms. The number of rotatable bonds is 4. The number of aryl methyl sites for hydroxylation is 1. The van der Waals surface area contributed by atoms with Gasteiger partial charge in [-0.3, -0.25) is 9.69 Å². The Bertz CT molecular complexity index is 951. The van der Waals surface area contributed by atoms with Gasteiger partial charge in [0.05, 0.1) is 0 Å². The Labute approximate surface area is 171 Å². The minimum Gasteiger partial charge on any atom is -0.423 e. The number of piperazine rings is 1. The Hall–Kier alpha value is -2.18. The minimum absolute atomic E-state index is 0.130. The lowest BCUT2D eigenvalue weighted by molar-refractivity contribution is -0.142. The van der Waals surface area contributed by atoms with Gasteiger partial charge >= 0.3 is 5.63 Å². The first-order valence-electron chi connectivity index (χ1n) is 10.6. The standard InChI is InChI=1S/C23H30N2O4/c1-15(2)18-13-19-17(12-22(26)29-21(19)11-16(18)3)14-24-6-8-25(9-7-24)23(27)20-5-4-10-28-20/h11-13,15,20H,4-10,14H2,1-3H3/t20-/m0/s1. The van der Waals surface area contributed by atoms with Crippen molar-refractivity contribution in [1.29, 1.82) is 0 Å². The predicted octanol–water partition coefficient (Wildman–Crippen LogP) is 3.05. The quantitative estimate of drug-likeness (QED) is 0.741. The number of ether oxygens (including phenoxy) is 1. The highest BCUT2D eigenvalue weighted by molar-refractivity contribution is 5.82. The number of benzene rings is 1. The molecule has 2 aliphatic rings. The Morgan fingerprint density at radius 3 is 2.59 bits per heavy atom. The Balaban J connectivity index is 1.50. The summed E-state index contributed by atoms with van der Waals surface area (Å²) in [6.07, 6.45) is 1.56. The summed E-state index contributed by atoms with van der Waals surface area (Å²) in [6.45, 7) is 10.8. The summed E-state index contributed by atoms with van der Waals surface area (Å²) < 4.78 is 11.0. The van der Waals surface area contributed by atoms with Crippen LogP contribution in [0, 0.1) is 6.92 Å². The van der Waals surface area contributed by atoms with Crippen LogP contribution >= 0.6 is 0 Å². The lowest BCUT2D eigenvalue weighted by Gasteiger charge is -2.35. The molecule has 0 bridgehead atoms. The van der Waals surface area contributed by atoms with Crippen LogP contribution in [0.1, 0.15) is 49.3 Å². The van der Waals surface area contributed by atoms with Crippen molar-refractivity contribution in [2.75, 3.05) is 32.8 Å². The molecular formula is C23H30N2O4. The molecule has 6 nitrogen and oxygen atoms in total. The second-order valence-electron chi connectivity index (χ2n) is 8.55. The molecule has 0 radical (unpaired) electrons. The van der Waals surface area contributed by atoms with E-state index in [9.17, 15) is 9.59 Å². The highest BCUT2D eigenvalue weighted by atomic mass is 16.5. The van der Waals surface area contributed by atoms with Crippen LogP contribution in [0.15, 0.2) is 27.4 Å². The zero-order chi connectivity index (χ0) is 20.5. The molecule has 0 N–H and O–H groups in total. The topological polar surface area (TPSA) is 63.0 Å². The molecule has 0 unspecified atom stereocenters. The van der Waals surface area contributed by atoms with E-state index in [0.29, 0.717) is 37.7 Å². The lowest BCUT2D eigenvalue weighted by Crippen LogP contribution is -2.51. The molecule has 1 aromatic heterocycles. The summed E-state index contributed by atoms with van der Waals surface area (Å²) in [7, 11) is 0. The van der Waals surface area contributed by atoms with Gasteiger partial charge in [0, 0.05) is 50.8 Å². The molecule has 1 atom stereocenters. The number of carbonyl (C=O) groups is 1. The van der Waals surface area contributed by atoms with Gasteiger partial charge in [-0.25, -0.2) is 4.79 Å². The summed E-state index contributed by atoms with van der Waals surface area (Å²) in [5.41, 5.74) is 3.77. The largest absolute Gasteiger partial charge is 0.423 e. The number of carbonyl (C=O) groups excluding carboxylic acids is 1. The fourth-order valence-corrected chi connectivity index (χ4v) is 4.49. The van der Waals surface area contributed by atoms with Crippen LogP contribution in [0.4, 0.5) is 0 Å². The van der Waals surface area contributed by atoms with Gasteiger partial charge in [-0.1, -0.05) is 13.8 Å². The third-order valence-electron chi connectivity index (χ3n) is 6.12. The third-order valence-corrected chi connectivity index (χ3v) is 6.12. The molecule has 2 aromatic rings. The van der Waals surface area contributed by atoms with Crippen molar-refractivity contribution in [1.82, 2.24) is 9.80 Å². The summed E-state index contributed by atoms with van der Waals surface area (Å²) >= 11 is 0. The first-order chi connectivity index (χ1) is 13.9. The first kappa shape index (κ1) is 20.1. The van der Waals surface area contributed by atoms with Gasteiger partial charge in [0.1, 0.15) is 11.7 Å². The van der Waals surface area contributed by atoms with E-state index < -0.39 is 0 Å². The summed E-state index contributed by atoms with van der Waals surface area (Å²) in [4.78, 5) is 28.9. The Morgan fingerprint density at radius 2 is 1.93 bits per heavy atom. The first-order valence-corrected chi connectivity index (χ1v) is 10.6. The average Bonchev–Trinajstić information content (AvgIpc) is 3.22. The van der Waals surface area contributed by atoms with Crippen LogP contribution < -0.4 is 5.63 Å². The van der Waals surface area contributed by atoms with Crippen molar-refractivity contribution >= 4 is 16.9 Å². The summed E-state index contributed by atoms with van der Waals surface area (Å²) in [6, 6.07) is 5.77. The molecule has 0 saturated carbocycles. The molecule has 4 rings (SSSR count). The summed E-state index contributed by atoms with van der Waals surface area (Å²) in [5.74, 6) is 0.538. The molecule has 2 aliphatic heterocycles. The molecule has 1 amide bonds. The van der Waals surface area contributed by atoms with Crippen molar-refractivity contribution in [3.63, 3.8) is 0 Å². The lowest BCUT2D eigenvalue weighted by atomic mass is 9.95. The second-order valence-corrected chi connectivity index (χ2v) is 8.55. The molecule has 156 valence electrons. The van der Waals surface area contributed by atoms with E-state index in [1.165, 1.54) is 5.56 Å². The maximum atomic E-state index is 12.5. The zero-order valence-electron chi connectivity index (χ0n) is 17.6. The SMILES string of the molecule is Cc1cc2oc(=O)cc(CN3CCN(C(=O)[C@@H]4CCCO4)CC3)c2cc1C(C)C.